The van der Waals surface area contributed by atoms with E-state index in [1.54, 1.807) is 49.5 Å². The Morgan fingerprint density at radius 3 is 2.58 bits per heavy atom. The zero-order chi connectivity index (χ0) is 26.1. The Balaban J connectivity index is 1.51. The number of aromatic nitrogens is 3. The second kappa shape index (κ2) is 9.96. The van der Waals surface area contributed by atoms with Gasteiger partial charge in [-0.2, -0.15) is 15.6 Å². The zero-order valence-electron chi connectivity index (χ0n) is 20.7. The van der Waals surface area contributed by atoms with Gasteiger partial charge in [0, 0.05) is 17.5 Å². The van der Waals surface area contributed by atoms with Crippen molar-refractivity contribution in [3.05, 3.63) is 70.7 Å². The maximum atomic E-state index is 13.6. The largest absolute Gasteiger partial charge is 0.467 e. The van der Waals surface area contributed by atoms with E-state index in [4.69, 9.17) is 4.74 Å². The van der Waals surface area contributed by atoms with Crippen LogP contribution >= 0.6 is 10.6 Å². The normalized spacial score (nSPS) is 17.9. The highest BCUT2D eigenvalue weighted by atomic mass is 32.3. The summed E-state index contributed by atoms with van der Waals surface area (Å²) in [7, 11) is -1.30. The van der Waals surface area contributed by atoms with Crippen LogP contribution in [0.1, 0.15) is 53.1 Å². The van der Waals surface area contributed by atoms with Crippen molar-refractivity contribution in [3.8, 4) is 6.01 Å². The molecule has 1 amide bonds. The minimum atomic E-state index is -2.79. The number of carbonyl (C=O) groups is 2. The summed E-state index contributed by atoms with van der Waals surface area (Å²) in [5.41, 5.74) is 2.47. The van der Waals surface area contributed by atoms with Gasteiger partial charge in [0.2, 0.25) is 5.91 Å². The molecule has 4 rings (SSSR count). The molecule has 0 bridgehead atoms. The second-order valence-electron chi connectivity index (χ2n) is 9.06. The molecule has 0 saturated carbocycles. The van der Waals surface area contributed by atoms with Gasteiger partial charge in [0.25, 0.3) is 0 Å². The van der Waals surface area contributed by atoms with Gasteiger partial charge in [-0.15, -0.1) is 0 Å². The van der Waals surface area contributed by atoms with Gasteiger partial charge in [-0.1, -0.05) is 12.1 Å². The van der Waals surface area contributed by atoms with Crippen LogP contribution in [0.4, 0.5) is 5.82 Å². The molecule has 1 aliphatic rings. The number of carbonyl (C=O) groups excluding carboxylic acids is 2. The SMILES string of the molecule is CCS(O)(O)c1ccc(CC(=O)Nc2cc(C)c3c(n2)CCC(C)(c2ccnc(OC)n2)C3=O)cc1. The molecule has 1 atom stereocenters. The fourth-order valence-corrected chi connectivity index (χ4v) is 5.31. The van der Waals surface area contributed by atoms with Crippen LogP contribution in [0.15, 0.2) is 47.5 Å². The molecular formula is C26H30N4O5S. The van der Waals surface area contributed by atoms with Gasteiger partial charge in [-0.3, -0.25) is 18.7 Å². The van der Waals surface area contributed by atoms with Gasteiger partial charge >= 0.3 is 6.01 Å². The van der Waals surface area contributed by atoms with Gasteiger partial charge in [0.15, 0.2) is 5.78 Å². The fourth-order valence-electron chi connectivity index (χ4n) is 4.41. The van der Waals surface area contributed by atoms with Crippen molar-refractivity contribution >= 4 is 28.1 Å². The summed E-state index contributed by atoms with van der Waals surface area (Å²) in [5.74, 6) is 0.320. The molecular weight excluding hydrogens is 480 g/mol. The van der Waals surface area contributed by atoms with Crippen LogP contribution in [0.3, 0.4) is 0 Å². The van der Waals surface area contributed by atoms with Crippen molar-refractivity contribution in [2.24, 2.45) is 0 Å². The Hall–Kier alpha value is -3.34. The maximum Gasteiger partial charge on any atom is 0.316 e. The average Bonchev–Trinajstić information content (AvgIpc) is 2.86. The summed E-state index contributed by atoms with van der Waals surface area (Å²) in [6.45, 7) is 5.43. The summed E-state index contributed by atoms with van der Waals surface area (Å²) in [5, 5.41) is 2.83. The Bertz CT molecular complexity index is 1310. The number of hydrogen-bond acceptors (Lipinski definition) is 8. The van der Waals surface area contributed by atoms with E-state index in [0.29, 0.717) is 40.5 Å². The molecule has 1 aromatic carbocycles. The Morgan fingerprint density at radius 2 is 1.92 bits per heavy atom. The summed E-state index contributed by atoms with van der Waals surface area (Å²) in [6.07, 6.45) is 2.77. The van der Waals surface area contributed by atoms with Gasteiger partial charge < -0.3 is 10.1 Å². The first kappa shape index (κ1) is 25.7. The topological polar surface area (TPSA) is 135 Å². The lowest BCUT2D eigenvalue weighted by molar-refractivity contribution is -0.115. The number of Topliss-reactive ketones (excluding diaryl/α,β-unsaturated/α-hetero) is 1. The predicted molar refractivity (Wildman–Crippen MR) is 138 cm³/mol. The highest BCUT2D eigenvalue weighted by molar-refractivity contribution is 8.24. The lowest BCUT2D eigenvalue weighted by atomic mass is 9.70. The molecule has 36 heavy (non-hydrogen) atoms. The first-order valence-corrected chi connectivity index (χ1v) is 13.4. The standard InChI is InChI=1S/C26H30N4O5S/c1-5-36(33,34)18-8-6-17(7-9-18)15-22(31)30-21-14-16(2)23-19(28-21)10-12-26(3,24(23)32)20-11-13-27-25(29-20)35-4/h6-9,11,13-14,33-34H,5,10,12,15H2,1-4H3,(H,28,30,31). The number of anilines is 1. The van der Waals surface area contributed by atoms with E-state index in [1.807, 2.05) is 13.8 Å². The highest BCUT2D eigenvalue weighted by Gasteiger charge is 2.43. The number of rotatable bonds is 7. The number of aryl methyl sites for hydroxylation is 2. The molecule has 0 saturated heterocycles. The van der Waals surface area contributed by atoms with E-state index in [0.717, 1.165) is 11.1 Å². The zero-order valence-corrected chi connectivity index (χ0v) is 21.6. The van der Waals surface area contributed by atoms with Gasteiger partial charge in [0.1, 0.15) is 5.82 Å². The molecule has 3 aromatic rings. The number of nitrogens with one attached hydrogen (secondary N) is 1. The van der Waals surface area contributed by atoms with Gasteiger partial charge in [-0.05, 0) is 69.0 Å². The highest BCUT2D eigenvalue weighted by Crippen LogP contribution is 2.47. The number of amides is 1. The molecule has 3 N–H and O–H groups in total. The molecule has 190 valence electrons. The number of nitrogens with zero attached hydrogens (tertiary/aromatic N) is 3. The van der Waals surface area contributed by atoms with Crippen molar-refractivity contribution in [3.63, 3.8) is 0 Å². The molecule has 1 unspecified atom stereocenters. The van der Waals surface area contributed by atoms with E-state index >= 15 is 0 Å². The third-order valence-electron chi connectivity index (χ3n) is 6.60. The minimum Gasteiger partial charge on any atom is -0.467 e. The van der Waals surface area contributed by atoms with Crippen LogP contribution in [-0.4, -0.2) is 48.6 Å². The third-order valence-corrected chi connectivity index (χ3v) is 8.43. The molecule has 10 heteroatoms. The number of fused-ring (bicyclic) bond motifs is 1. The fraction of sp³-hybridized carbons (Fsp3) is 0.346. The van der Waals surface area contributed by atoms with Crippen LogP contribution < -0.4 is 10.1 Å². The first-order valence-electron chi connectivity index (χ1n) is 11.6. The van der Waals surface area contributed by atoms with E-state index in [-0.39, 0.29) is 29.9 Å². The molecule has 0 spiro atoms. The number of methoxy groups -OCH3 is 1. The summed E-state index contributed by atoms with van der Waals surface area (Å²) >= 11 is 0. The monoisotopic (exact) mass is 510 g/mol. The molecule has 9 nitrogen and oxygen atoms in total. The lowest BCUT2D eigenvalue weighted by Crippen LogP contribution is -2.39. The predicted octanol–water partition coefficient (Wildman–Crippen LogP) is 4.59. The number of hydrogen-bond donors (Lipinski definition) is 3. The lowest BCUT2D eigenvalue weighted by Gasteiger charge is -2.33. The molecule has 1 aliphatic carbocycles. The van der Waals surface area contributed by atoms with Gasteiger partial charge in [-0.25, -0.2) is 9.97 Å². The molecule has 2 heterocycles. The smallest absolute Gasteiger partial charge is 0.316 e. The van der Waals surface area contributed by atoms with Crippen molar-refractivity contribution in [2.45, 2.75) is 50.3 Å². The Labute approximate surface area is 211 Å². The van der Waals surface area contributed by atoms with Crippen molar-refractivity contribution < 1.29 is 23.4 Å². The summed E-state index contributed by atoms with van der Waals surface area (Å²) < 4.78 is 25.2. The van der Waals surface area contributed by atoms with E-state index in [1.165, 1.54) is 7.11 Å². The Morgan fingerprint density at radius 1 is 1.19 bits per heavy atom. The molecule has 0 aliphatic heterocycles. The first-order chi connectivity index (χ1) is 17.1. The van der Waals surface area contributed by atoms with Crippen molar-refractivity contribution in [2.75, 3.05) is 18.2 Å². The van der Waals surface area contributed by atoms with Crippen LogP contribution in [0.25, 0.3) is 0 Å². The third kappa shape index (κ3) is 4.97. The Kier molecular flexibility index (Phi) is 7.12. The number of benzene rings is 1. The quantitative estimate of drug-likeness (QED) is 0.420. The minimum absolute atomic E-state index is 0.0643. The van der Waals surface area contributed by atoms with Crippen LogP contribution in [-0.2, 0) is 23.1 Å². The maximum absolute atomic E-state index is 13.6. The number of pyridine rings is 1. The second-order valence-corrected chi connectivity index (χ2v) is 11.4. The van der Waals surface area contributed by atoms with Crippen molar-refractivity contribution in [1.29, 1.82) is 0 Å². The summed E-state index contributed by atoms with van der Waals surface area (Å²) in [6, 6.07) is 10.4. The molecule has 0 radical (unpaired) electrons. The van der Waals surface area contributed by atoms with E-state index in [2.05, 4.69) is 20.3 Å². The van der Waals surface area contributed by atoms with Crippen LogP contribution in [0.5, 0.6) is 6.01 Å². The average molecular weight is 511 g/mol. The van der Waals surface area contributed by atoms with E-state index in [9.17, 15) is 18.7 Å². The van der Waals surface area contributed by atoms with Crippen LogP contribution in [0, 0.1) is 6.92 Å². The molecule has 2 aromatic heterocycles. The molecule has 0 fully saturated rings. The number of ketones is 1. The number of ether oxygens (including phenoxy) is 1. The summed E-state index contributed by atoms with van der Waals surface area (Å²) in [4.78, 5) is 39.7. The van der Waals surface area contributed by atoms with Crippen molar-refractivity contribution in [1.82, 2.24) is 15.0 Å². The van der Waals surface area contributed by atoms with Gasteiger partial charge in [0.05, 0.1) is 35.2 Å². The van der Waals surface area contributed by atoms with E-state index < -0.39 is 16.0 Å². The van der Waals surface area contributed by atoms with Crippen LogP contribution in [0.2, 0.25) is 0 Å².